The molecule has 0 nitrogen and oxygen atoms in total. The van der Waals surface area contributed by atoms with Crippen LogP contribution in [0.2, 0.25) is 0 Å². The summed E-state index contributed by atoms with van der Waals surface area (Å²) in [6, 6.07) is 97.0. The van der Waals surface area contributed by atoms with Crippen molar-refractivity contribution in [2.45, 2.75) is 0 Å². The summed E-state index contributed by atoms with van der Waals surface area (Å²) in [7, 11) is -1.34. The Labute approximate surface area is 367 Å². The molecular formula is C54H47Cl2P3. The summed E-state index contributed by atoms with van der Waals surface area (Å²) >= 11 is 0. The molecule has 292 valence electrons. The van der Waals surface area contributed by atoms with Crippen LogP contribution in [0.1, 0.15) is 0 Å². The fraction of sp³-hybridized carbons (Fsp3) is 0. The van der Waals surface area contributed by atoms with Crippen LogP contribution in [0.15, 0.2) is 273 Å². The molecule has 0 bridgehead atoms. The lowest BCUT2D eigenvalue weighted by molar-refractivity contribution is 1.74. The van der Waals surface area contributed by atoms with Gasteiger partial charge in [-0.15, -0.1) is 24.8 Å². The van der Waals surface area contributed by atoms with Crippen molar-refractivity contribution in [2.75, 3.05) is 0 Å². The Morgan fingerprint density at radius 3 is 0.305 bits per heavy atom. The van der Waals surface area contributed by atoms with Gasteiger partial charge in [0, 0.05) is 0 Å². The first-order valence-corrected chi connectivity index (χ1v) is 23.2. The SMILES string of the molecule is Cl.Cl.c1ccc(P(c2ccccc2)c2ccccc2)cc1.c1ccc(P(c2ccccc2)c2ccccc2)cc1.c1ccc(P(c2ccccc2)c2ccccc2)cc1. The fourth-order valence-corrected chi connectivity index (χ4v) is 13.5. The minimum absolute atomic E-state index is 0. The Hall–Kier alpha value is -5.15. The number of hydrogen-bond acceptors (Lipinski definition) is 0. The third-order valence-corrected chi connectivity index (χ3v) is 16.5. The van der Waals surface area contributed by atoms with Gasteiger partial charge in [0.05, 0.1) is 0 Å². The molecule has 5 heteroatoms. The molecule has 0 amide bonds. The summed E-state index contributed by atoms with van der Waals surface area (Å²) in [5, 5.41) is 12.6. The Morgan fingerprint density at radius 2 is 0.220 bits per heavy atom. The zero-order valence-electron chi connectivity index (χ0n) is 32.6. The number of halogens is 2. The molecule has 0 saturated carbocycles. The van der Waals surface area contributed by atoms with Crippen molar-refractivity contribution in [3.8, 4) is 0 Å². The van der Waals surface area contributed by atoms with Gasteiger partial charge < -0.3 is 0 Å². The Kier molecular flexibility index (Phi) is 18.8. The number of benzene rings is 9. The number of rotatable bonds is 9. The molecule has 0 atom stereocenters. The van der Waals surface area contributed by atoms with Gasteiger partial charge in [0.15, 0.2) is 0 Å². The summed E-state index contributed by atoms with van der Waals surface area (Å²) in [5.74, 6) is 0. The largest absolute Gasteiger partial charge is 0.147 e. The number of hydrogen-bond donors (Lipinski definition) is 0. The highest BCUT2D eigenvalue weighted by atomic mass is 35.5. The van der Waals surface area contributed by atoms with Crippen molar-refractivity contribution < 1.29 is 0 Å². The minimum atomic E-state index is -0.446. The zero-order valence-corrected chi connectivity index (χ0v) is 37.0. The molecule has 9 rings (SSSR count). The standard InChI is InChI=1S/3C18H15P.2ClH/c3*1-4-10-16(11-5-1)19(17-12-6-2-7-13-17)18-14-8-3-9-15-18;;/h3*1-15H;2*1H. The molecule has 0 aromatic heterocycles. The first kappa shape index (κ1) is 44.9. The zero-order chi connectivity index (χ0) is 38.7. The van der Waals surface area contributed by atoms with E-state index in [-0.39, 0.29) is 24.8 Å². The van der Waals surface area contributed by atoms with E-state index in [0.717, 1.165) is 0 Å². The van der Waals surface area contributed by atoms with Crippen molar-refractivity contribution in [3.05, 3.63) is 273 Å². The monoisotopic (exact) mass is 858 g/mol. The lowest BCUT2D eigenvalue weighted by Gasteiger charge is -2.18. The second-order valence-electron chi connectivity index (χ2n) is 13.0. The van der Waals surface area contributed by atoms with Gasteiger partial charge in [-0.05, 0) is 71.5 Å². The molecule has 0 unspecified atom stereocenters. The van der Waals surface area contributed by atoms with E-state index in [9.17, 15) is 0 Å². The van der Waals surface area contributed by atoms with E-state index in [0.29, 0.717) is 0 Å². The van der Waals surface area contributed by atoms with Crippen molar-refractivity contribution in [2.24, 2.45) is 0 Å². The van der Waals surface area contributed by atoms with E-state index >= 15 is 0 Å². The summed E-state index contributed by atoms with van der Waals surface area (Å²) in [6.07, 6.45) is 0. The van der Waals surface area contributed by atoms with E-state index in [1.54, 1.807) is 0 Å². The highest BCUT2D eigenvalue weighted by Crippen LogP contribution is 2.34. The van der Waals surface area contributed by atoms with E-state index < -0.39 is 23.8 Å². The van der Waals surface area contributed by atoms with Crippen LogP contribution >= 0.6 is 48.6 Å². The van der Waals surface area contributed by atoms with Gasteiger partial charge in [-0.2, -0.15) is 0 Å². The first-order valence-electron chi connectivity index (χ1n) is 19.2. The van der Waals surface area contributed by atoms with Crippen molar-refractivity contribution in [1.29, 1.82) is 0 Å². The van der Waals surface area contributed by atoms with Gasteiger partial charge in [0.2, 0.25) is 0 Å². The third kappa shape index (κ3) is 12.9. The average Bonchev–Trinajstić information content (AvgIpc) is 3.30. The second-order valence-corrected chi connectivity index (χ2v) is 19.7. The molecule has 0 radical (unpaired) electrons. The minimum Gasteiger partial charge on any atom is -0.147 e. The summed E-state index contributed by atoms with van der Waals surface area (Å²) in [4.78, 5) is 0. The first-order chi connectivity index (χ1) is 28.3. The highest BCUT2D eigenvalue weighted by molar-refractivity contribution is 7.80. The van der Waals surface area contributed by atoms with Crippen LogP contribution in [0, 0.1) is 0 Å². The maximum atomic E-state index is 2.23. The molecule has 0 aliphatic heterocycles. The van der Waals surface area contributed by atoms with Crippen molar-refractivity contribution in [1.82, 2.24) is 0 Å². The molecule has 59 heavy (non-hydrogen) atoms. The molecule has 0 fully saturated rings. The van der Waals surface area contributed by atoms with Crippen LogP contribution in [-0.4, -0.2) is 0 Å². The van der Waals surface area contributed by atoms with Crippen LogP contribution < -0.4 is 47.7 Å². The topological polar surface area (TPSA) is 0 Å². The van der Waals surface area contributed by atoms with Crippen LogP contribution in [0.25, 0.3) is 0 Å². The van der Waals surface area contributed by atoms with E-state index in [1.165, 1.54) is 47.7 Å². The summed E-state index contributed by atoms with van der Waals surface area (Å²) in [6.45, 7) is 0. The molecule has 0 spiro atoms. The van der Waals surface area contributed by atoms with Gasteiger partial charge in [-0.3, -0.25) is 0 Å². The molecule has 0 aliphatic carbocycles. The molecule has 9 aromatic rings. The van der Waals surface area contributed by atoms with Crippen LogP contribution in [-0.2, 0) is 0 Å². The summed E-state index contributed by atoms with van der Waals surface area (Å²) in [5.41, 5.74) is 0. The Morgan fingerprint density at radius 1 is 0.136 bits per heavy atom. The van der Waals surface area contributed by atoms with E-state index in [1.807, 2.05) is 0 Å². The molecular weight excluding hydrogens is 812 g/mol. The molecule has 0 N–H and O–H groups in total. The molecule has 0 aliphatic rings. The quantitative estimate of drug-likeness (QED) is 0.127. The van der Waals surface area contributed by atoms with Gasteiger partial charge in [-0.25, -0.2) is 0 Å². The highest BCUT2D eigenvalue weighted by Gasteiger charge is 2.17. The maximum Gasteiger partial charge on any atom is -0.0134 e. The Balaban J connectivity index is 0.000000165. The third-order valence-electron chi connectivity index (χ3n) is 9.13. The lowest BCUT2D eigenvalue weighted by Crippen LogP contribution is -2.20. The van der Waals surface area contributed by atoms with E-state index in [4.69, 9.17) is 0 Å². The predicted molar refractivity (Wildman–Crippen MR) is 270 cm³/mol. The maximum absolute atomic E-state index is 2.23. The molecule has 0 saturated heterocycles. The second kappa shape index (κ2) is 24.7. The van der Waals surface area contributed by atoms with Gasteiger partial charge in [0.25, 0.3) is 0 Å². The fourth-order valence-electron chi connectivity index (χ4n) is 6.54. The smallest absolute Gasteiger partial charge is 0.0134 e. The van der Waals surface area contributed by atoms with Crippen molar-refractivity contribution in [3.63, 3.8) is 0 Å². The molecule has 0 heterocycles. The van der Waals surface area contributed by atoms with Crippen LogP contribution in [0.4, 0.5) is 0 Å². The van der Waals surface area contributed by atoms with Crippen LogP contribution in [0.3, 0.4) is 0 Å². The lowest BCUT2D eigenvalue weighted by atomic mass is 10.4. The average molecular weight is 860 g/mol. The van der Waals surface area contributed by atoms with Gasteiger partial charge in [-0.1, -0.05) is 273 Å². The summed E-state index contributed by atoms with van der Waals surface area (Å²) < 4.78 is 0. The van der Waals surface area contributed by atoms with Gasteiger partial charge in [0.1, 0.15) is 0 Å². The normalized spacial score (nSPS) is 10.2. The molecule has 9 aromatic carbocycles. The predicted octanol–water partition coefficient (Wildman–Crippen LogP) is 11.2. The van der Waals surface area contributed by atoms with Crippen LogP contribution in [0.5, 0.6) is 0 Å². The van der Waals surface area contributed by atoms with E-state index in [2.05, 4.69) is 273 Å². The Bertz CT molecular complexity index is 1870. The van der Waals surface area contributed by atoms with Crippen molar-refractivity contribution >= 4 is 96.3 Å². The van der Waals surface area contributed by atoms with Gasteiger partial charge >= 0.3 is 0 Å².